The van der Waals surface area contributed by atoms with E-state index in [0.717, 1.165) is 0 Å². The first-order valence-corrected chi connectivity index (χ1v) is 6.31. The maximum absolute atomic E-state index is 12.6. The number of nitrogens with one attached hydrogen (secondary N) is 1. The molecule has 0 aliphatic carbocycles. The number of benzene rings is 1. The Morgan fingerprint density at radius 1 is 1.35 bits per heavy atom. The van der Waals surface area contributed by atoms with E-state index < -0.39 is 5.54 Å². The fourth-order valence-corrected chi connectivity index (χ4v) is 1.37. The molecule has 0 spiro atoms. The highest BCUT2D eigenvalue weighted by Gasteiger charge is 2.11. The highest BCUT2D eigenvalue weighted by atomic mass is 35.5. The Kier molecular flexibility index (Phi) is 8.18. The zero-order chi connectivity index (χ0) is 14.3. The molecule has 0 saturated heterocycles. The van der Waals surface area contributed by atoms with E-state index in [9.17, 15) is 9.18 Å². The third-order valence-corrected chi connectivity index (χ3v) is 2.37. The molecule has 0 radical (unpaired) electrons. The molecular weight excluding hydrogens is 283 g/mol. The Hall–Kier alpha value is -1.33. The minimum absolute atomic E-state index is 0. The smallest absolute Gasteiger partial charge is 0.220 e. The Labute approximate surface area is 125 Å². The van der Waals surface area contributed by atoms with Gasteiger partial charge in [0, 0.05) is 18.5 Å². The second kappa shape index (κ2) is 8.76. The highest BCUT2D eigenvalue weighted by Crippen LogP contribution is 2.11. The molecule has 0 atom stereocenters. The molecule has 0 aliphatic heterocycles. The average molecular weight is 305 g/mol. The van der Waals surface area contributed by atoms with Crippen molar-refractivity contribution in [2.45, 2.75) is 32.2 Å². The number of halogens is 2. The summed E-state index contributed by atoms with van der Waals surface area (Å²) in [4.78, 5) is 11.5. The number of nitrogens with two attached hydrogens (primary N) is 1. The largest absolute Gasteiger partial charge is 0.494 e. The van der Waals surface area contributed by atoms with E-state index in [4.69, 9.17) is 10.5 Å². The van der Waals surface area contributed by atoms with Crippen molar-refractivity contribution in [3.05, 3.63) is 30.1 Å². The van der Waals surface area contributed by atoms with Crippen molar-refractivity contribution >= 4 is 18.3 Å². The van der Waals surface area contributed by atoms with Crippen molar-refractivity contribution in [1.82, 2.24) is 5.32 Å². The minimum atomic E-state index is -0.403. The van der Waals surface area contributed by atoms with Crippen LogP contribution >= 0.6 is 12.4 Å². The van der Waals surface area contributed by atoms with Gasteiger partial charge in [0.2, 0.25) is 5.91 Å². The van der Waals surface area contributed by atoms with Crippen LogP contribution in [0.5, 0.6) is 5.75 Å². The molecule has 0 aromatic heterocycles. The quantitative estimate of drug-likeness (QED) is 0.760. The van der Waals surface area contributed by atoms with E-state index in [-0.39, 0.29) is 24.1 Å². The van der Waals surface area contributed by atoms with Gasteiger partial charge in [-0.25, -0.2) is 4.39 Å². The van der Waals surface area contributed by atoms with E-state index >= 15 is 0 Å². The summed E-state index contributed by atoms with van der Waals surface area (Å²) in [5, 5.41) is 2.76. The van der Waals surface area contributed by atoms with E-state index in [1.807, 2.05) is 13.8 Å². The van der Waals surface area contributed by atoms with Crippen molar-refractivity contribution in [2.24, 2.45) is 5.73 Å². The first-order chi connectivity index (χ1) is 8.87. The zero-order valence-corrected chi connectivity index (χ0v) is 12.6. The molecule has 0 aliphatic rings. The number of amides is 1. The number of hydrogen-bond acceptors (Lipinski definition) is 3. The number of carbonyl (C=O) groups excluding carboxylic acids is 1. The van der Waals surface area contributed by atoms with Gasteiger partial charge in [0.05, 0.1) is 6.61 Å². The van der Waals surface area contributed by atoms with Gasteiger partial charge in [0.1, 0.15) is 11.6 Å². The maximum Gasteiger partial charge on any atom is 0.220 e. The summed E-state index contributed by atoms with van der Waals surface area (Å²) in [6, 6.07) is 5.80. The third-order valence-electron chi connectivity index (χ3n) is 2.37. The predicted octanol–water partition coefficient (Wildman–Crippen LogP) is 2.26. The van der Waals surface area contributed by atoms with Gasteiger partial charge in [-0.3, -0.25) is 4.79 Å². The zero-order valence-electron chi connectivity index (χ0n) is 11.8. The van der Waals surface area contributed by atoms with E-state index in [1.165, 1.54) is 12.1 Å². The monoisotopic (exact) mass is 304 g/mol. The Morgan fingerprint density at radius 2 is 1.95 bits per heavy atom. The van der Waals surface area contributed by atoms with Crippen LogP contribution in [-0.2, 0) is 4.79 Å². The molecule has 1 amide bonds. The van der Waals surface area contributed by atoms with Crippen LogP contribution in [0.25, 0.3) is 0 Å². The van der Waals surface area contributed by atoms with Gasteiger partial charge in [0.15, 0.2) is 0 Å². The first kappa shape index (κ1) is 18.7. The van der Waals surface area contributed by atoms with Crippen LogP contribution in [0.15, 0.2) is 24.3 Å². The van der Waals surface area contributed by atoms with Crippen molar-refractivity contribution in [2.75, 3.05) is 13.2 Å². The van der Waals surface area contributed by atoms with Gasteiger partial charge in [-0.15, -0.1) is 12.4 Å². The lowest BCUT2D eigenvalue weighted by atomic mass is 10.1. The summed E-state index contributed by atoms with van der Waals surface area (Å²) >= 11 is 0. The van der Waals surface area contributed by atoms with Gasteiger partial charge in [-0.1, -0.05) is 0 Å². The molecule has 1 rings (SSSR count). The van der Waals surface area contributed by atoms with E-state index in [1.54, 1.807) is 12.1 Å². The van der Waals surface area contributed by atoms with Crippen molar-refractivity contribution in [3.8, 4) is 5.75 Å². The lowest BCUT2D eigenvalue weighted by Crippen LogP contribution is -2.45. The van der Waals surface area contributed by atoms with Crippen molar-refractivity contribution in [1.29, 1.82) is 0 Å². The summed E-state index contributed by atoms with van der Waals surface area (Å²) in [5.74, 6) is 0.266. The molecule has 0 saturated carbocycles. The van der Waals surface area contributed by atoms with Crippen LogP contribution in [0.4, 0.5) is 4.39 Å². The number of rotatable bonds is 7. The van der Waals surface area contributed by atoms with Gasteiger partial charge in [-0.2, -0.15) is 0 Å². The summed E-state index contributed by atoms with van der Waals surface area (Å²) < 4.78 is 18.0. The summed E-state index contributed by atoms with van der Waals surface area (Å²) in [6.07, 6.45) is 0.992. The molecule has 0 bridgehead atoms. The van der Waals surface area contributed by atoms with Gasteiger partial charge in [0.25, 0.3) is 0 Å². The number of ether oxygens (including phenoxy) is 1. The maximum atomic E-state index is 12.6. The van der Waals surface area contributed by atoms with Crippen LogP contribution in [0.2, 0.25) is 0 Å². The van der Waals surface area contributed by atoms with Crippen LogP contribution in [0.3, 0.4) is 0 Å². The van der Waals surface area contributed by atoms with Gasteiger partial charge >= 0.3 is 0 Å². The fraction of sp³-hybridized carbons (Fsp3) is 0.500. The second-order valence-corrected chi connectivity index (χ2v) is 5.17. The molecule has 4 nitrogen and oxygen atoms in total. The molecule has 3 N–H and O–H groups in total. The summed E-state index contributed by atoms with van der Waals surface area (Å²) in [5.41, 5.74) is 5.35. The fourth-order valence-electron chi connectivity index (χ4n) is 1.37. The SMILES string of the molecule is CC(C)(N)CNC(=O)CCCOc1ccc(F)cc1.Cl. The van der Waals surface area contributed by atoms with Crippen molar-refractivity contribution < 1.29 is 13.9 Å². The first-order valence-electron chi connectivity index (χ1n) is 6.31. The Balaban J connectivity index is 0.00000361. The lowest BCUT2D eigenvalue weighted by molar-refractivity contribution is -0.121. The van der Waals surface area contributed by atoms with E-state index in [0.29, 0.717) is 31.7 Å². The Bertz CT molecular complexity index is 405. The molecule has 0 fully saturated rings. The van der Waals surface area contributed by atoms with E-state index in [2.05, 4.69) is 5.32 Å². The molecule has 0 unspecified atom stereocenters. The molecule has 1 aromatic carbocycles. The molecule has 114 valence electrons. The van der Waals surface area contributed by atoms with Crippen LogP contribution < -0.4 is 15.8 Å². The second-order valence-electron chi connectivity index (χ2n) is 5.17. The van der Waals surface area contributed by atoms with Crippen molar-refractivity contribution in [3.63, 3.8) is 0 Å². The summed E-state index contributed by atoms with van der Waals surface area (Å²) in [6.45, 7) is 4.57. The summed E-state index contributed by atoms with van der Waals surface area (Å²) in [7, 11) is 0. The van der Waals surface area contributed by atoms with Crippen LogP contribution in [0, 0.1) is 5.82 Å². The Morgan fingerprint density at radius 3 is 2.50 bits per heavy atom. The third kappa shape index (κ3) is 8.72. The minimum Gasteiger partial charge on any atom is -0.494 e. The van der Waals surface area contributed by atoms with Gasteiger partial charge < -0.3 is 15.8 Å². The molecule has 0 heterocycles. The average Bonchev–Trinajstić information content (AvgIpc) is 2.33. The number of carbonyl (C=O) groups is 1. The molecule has 6 heteroatoms. The highest BCUT2D eigenvalue weighted by molar-refractivity contribution is 5.85. The lowest BCUT2D eigenvalue weighted by Gasteiger charge is -2.18. The van der Waals surface area contributed by atoms with Crippen LogP contribution in [-0.4, -0.2) is 24.6 Å². The molecular formula is C14H22ClFN2O2. The topological polar surface area (TPSA) is 64.3 Å². The molecule has 1 aromatic rings. The van der Waals surface area contributed by atoms with Gasteiger partial charge in [-0.05, 0) is 44.5 Å². The predicted molar refractivity (Wildman–Crippen MR) is 79.7 cm³/mol. The normalized spacial score (nSPS) is 10.6. The number of hydrogen-bond donors (Lipinski definition) is 2. The molecule has 20 heavy (non-hydrogen) atoms. The van der Waals surface area contributed by atoms with Crippen LogP contribution in [0.1, 0.15) is 26.7 Å². The standard InChI is InChI=1S/C14H21FN2O2.ClH/c1-14(2,16)10-17-13(18)4-3-9-19-12-7-5-11(15)6-8-12;/h5-8H,3-4,9-10,16H2,1-2H3,(H,17,18);1H.